The highest BCUT2D eigenvalue weighted by molar-refractivity contribution is 9.10. The summed E-state index contributed by atoms with van der Waals surface area (Å²) in [7, 11) is 1.58. The fourth-order valence-electron chi connectivity index (χ4n) is 6.16. The van der Waals surface area contributed by atoms with Crippen LogP contribution in [0.1, 0.15) is 72.6 Å². The molecule has 1 aromatic carbocycles. The van der Waals surface area contributed by atoms with Crippen LogP contribution in [0.2, 0.25) is 0 Å². The van der Waals surface area contributed by atoms with Crippen LogP contribution in [0, 0.1) is 5.92 Å². The van der Waals surface area contributed by atoms with Crippen molar-refractivity contribution in [3.05, 3.63) is 54.2 Å². The summed E-state index contributed by atoms with van der Waals surface area (Å²) >= 11 is 3.53. The van der Waals surface area contributed by atoms with Gasteiger partial charge in [-0.05, 0) is 92.9 Å². The highest BCUT2D eigenvalue weighted by Crippen LogP contribution is 2.45. The maximum absolute atomic E-state index is 14.3. The van der Waals surface area contributed by atoms with Crippen LogP contribution in [0.15, 0.2) is 54.2 Å². The highest BCUT2D eigenvalue weighted by atomic mass is 79.9. The first-order valence-electron chi connectivity index (χ1n) is 16.4. The number of benzene rings is 1. The maximum Gasteiger partial charge on any atom is 0.408 e. The molecule has 1 aliphatic carbocycles. The zero-order valence-electron chi connectivity index (χ0n) is 28.5. The fourth-order valence-corrected chi connectivity index (χ4v) is 6.67. The van der Waals surface area contributed by atoms with Crippen molar-refractivity contribution < 1.29 is 33.4 Å². The minimum Gasteiger partial charge on any atom is -0.496 e. The number of hydrogen-bond donors (Lipinski definition) is 2. The fraction of sp³-hybridized carbons (Fsp3) is 0.528. The summed E-state index contributed by atoms with van der Waals surface area (Å²) in [5.74, 6) is -0.261. The van der Waals surface area contributed by atoms with Crippen LogP contribution in [0.5, 0.6) is 11.6 Å². The number of ether oxygens (including phenoxy) is 3. The summed E-state index contributed by atoms with van der Waals surface area (Å²) in [4.78, 5) is 59.8. The topological polar surface area (TPSA) is 136 Å². The molecule has 0 unspecified atom stereocenters. The van der Waals surface area contributed by atoms with E-state index in [0.29, 0.717) is 30.9 Å². The Kier molecular flexibility index (Phi) is 11.9. The van der Waals surface area contributed by atoms with Crippen LogP contribution in [-0.2, 0) is 19.1 Å². The summed E-state index contributed by atoms with van der Waals surface area (Å²) in [6, 6.07) is 3.65. The van der Waals surface area contributed by atoms with E-state index < -0.39 is 47.2 Å². The summed E-state index contributed by atoms with van der Waals surface area (Å²) in [5.41, 5.74) is -1.82. The summed E-state index contributed by atoms with van der Waals surface area (Å²) in [6.45, 7) is 14.3. The molecule has 2 N–H and O–H groups in total. The first-order valence-corrected chi connectivity index (χ1v) is 17.2. The normalized spacial score (nSPS) is 22.4. The number of Topliss-reactive ketones (excluding diaryl/α,β-unsaturated/α-hetero) is 1. The van der Waals surface area contributed by atoms with Gasteiger partial charge in [-0.25, -0.2) is 9.78 Å². The lowest BCUT2D eigenvalue weighted by molar-refractivity contribution is -0.141. The number of halogens is 1. The number of methoxy groups -OCH3 is 1. The van der Waals surface area contributed by atoms with E-state index in [2.05, 4.69) is 44.7 Å². The minimum absolute atomic E-state index is 0.0627. The number of nitrogens with zero attached hydrogens (tertiary/aromatic N) is 2. The van der Waals surface area contributed by atoms with E-state index in [1.54, 1.807) is 40.2 Å². The molecule has 48 heavy (non-hydrogen) atoms. The molecular weight excluding hydrogens is 680 g/mol. The second-order valence-corrected chi connectivity index (χ2v) is 14.3. The van der Waals surface area contributed by atoms with Gasteiger partial charge in [-0.3, -0.25) is 14.4 Å². The van der Waals surface area contributed by atoms with Gasteiger partial charge in [0.05, 0.1) is 18.1 Å². The molecule has 2 heterocycles. The van der Waals surface area contributed by atoms with E-state index in [-0.39, 0.29) is 24.7 Å². The van der Waals surface area contributed by atoms with Crippen LogP contribution >= 0.6 is 15.9 Å². The summed E-state index contributed by atoms with van der Waals surface area (Å²) < 4.78 is 18.1. The van der Waals surface area contributed by atoms with Crippen molar-refractivity contribution in [1.29, 1.82) is 0 Å². The number of aromatic nitrogens is 1. The van der Waals surface area contributed by atoms with Crippen molar-refractivity contribution in [2.75, 3.05) is 13.7 Å². The van der Waals surface area contributed by atoms with E-state index in [1.165, 1.54) is 11.8 Å². The number of fused-ring (bicyclic) bond motifs is 1. The number of pyridine rings is 1. The average Bonchev–Trinajstić information content (AvgIpc) is 3.58. The van der Waals surface area contributed by atoms with Gasteiger partial charge in [0.15, 0.2) is 5.78 Å². The molecule has 1 saturated heterocycles. The number of likely N-dealkylation sites (tertiary alicyclic amines) is 1. The number of carbonyl (C=O) groups is 4. The quantitative estimate of drug-likeness (QED) is 0.168. The Balaban J connectivity index is 1.63. The molecule has 3 amide bonds. The number of rotatable bonds is 15. The SMILES string of the molecule is C=CCCCCC[C@H](NC(=O)OC(C)(C)C)C(=O)N1C[C@H](Oc2nccc3cc(OC)c(Br)cc23)C[C@H]1C(=O)N[C@]1(C(C)=O)C[C@H]1C=C. The standard InChI is InChI=1S/C36H47BrN4O7/c1-8-10-11-12-13-14-28(39-34(45)48-35(4,5)6)33(44)41-21-25(18-29(41)31(43)40-36(22(3)42)20-24(36)9-2)47-32-26-19-27(37)30(46-7)17-23(26)15-16-38-32/h8-9,15-17,19,24-25,28-29H,1-2,10-14,18,20-21H2,3-7H3,(H,39,45)(H,40,43)/t24-,25-,28+,29+,36+/m1/s1. The molecule has 1 aromatic heterocycles. The molecule has 260 valence electrons. The lowest BCUT2D eigenvalue weighted by Gasteiger charge is -2.30. The van der Waals surface area contributed by atoms with Crippen molar-refractivity contribution in [1.82, 2.24) is 20.5 Å². The van der Waals surface area contributed by atoms with Crippen molar-refractivity contribution >= 4 is 50.4 Å². The van der Waals surface area contributed by atoms with Crippen molar-refractivity contribution in [2.24, 2.45) is 5.92 Å². The molecule has 1 aliphatic heterocycles. The van der Waals surface area contributed by atoms with E-state index >= 15 is 0 Å². The van der Waals surface area contributed by atoms with Crippen LogP contribution in [0.25, 0.3) is 10.8 Å². The van der Waals surface area contributed by atoms with Crippen molar-refractivity contribution in [3.8, 4) is 11.6 Å². The van der Waals surface area contributed by atoms with Crippen molar-refractivity contribution in [3.63, 3.8) is 0 Å². The first-order chi connectivity index (χ1) is 22.7. The number of nitrogens with one attached hydrogen (secondary N) is 2. The van der Waals surface area contributed by atoms with Gasteiger partial charge in [0.25, 0.3) is 0 Å². The molecule has 12 heteroatoms. The van der Waals surface area contributed by atoms with Gasteiger partial charge in [0.1, 0.15) is 35.1 Å². The van der Waals surface area contributed by atoms with Gasteiger partial charge in [-0.15, -0.1) is 13.2 Å². The maximum atomic E-state index is 14.3. The minimum atomic E-state index is -1.05. The second kappa shape index (κ2) is 15.5. The number of unbranched alkanes of at least 4 members (excludes halogenated alkanes) is 3. The molecule has 0 radical (unpaired) electrons. The van der Waals surface area contributed by atoms with Crippen LogP contribution in [0.4, 0.5) is 4.79 Å². The van der Waals surface area contributed by atoms with Crippen molar-refractivity contribution in [2.45, 2.75) is 102 Å². The third kappa shape index (κ3) is 8.75. The lowest BCUT2D eigenvalue weighted by atomic mass is 10.0. The Morgan fingerprint density at radius 1 is 1.19 bits per heavy atom. The van der Waals surface area contributed by atoms with Gasteiger partial charge < -0.3 is 29.7 Å². The smallest absolute Gasteiger partial charge is 0.408 e. The predicted molar refractivity (Wildman–Crippen MR) is 187 cm³/mol. The molecule has 4 rings (SSSR count). The monoisotopic (exact) mass is 726 g/mol. The largest absolute Gasteiger partial charge is 0.496 e. The van der Waals surface area contributed by atoms with Gasteiger partial charge in [0.2, 0.25) is 17.7 Å². The average molecular weight is 728 g/mol. The van der Waals surface area contributed by atoms with E-state index in [9.17, 15) is 19.2 Å². The van der Waals surface area contributed by atoms with Gasteiger partial charge >= 0.3 is 6.09 Å². The van der Waals surface area contributed by atoms with Crippen LogP contribution in [-0.4, -0.2) is 76.6 Å². The molecule has 11 nitrogen and oxygen atoms in total. The Bertz CT molecular complexity index is 1560. The Hall–Kier alpha value is -3.93. The predicted octanol–water partition coefficient (Wildman–Crippen LogP) is 6.03. The zero-order chi connectivity index (χ0) is 35.2. The lowest BCUT2D eigenvalue weighted by Crippen LogP contribution is -2.56. The number of allylic oxidation sites excluding steroid dienone is 1. The molecule has 2 aliphatic rings. The van der Waals surface area contributed by atoms with Gasteiger partial charge in [0, 0.05) is 23.9 Å². The number of carbonyl (C=O) groups excluding carboxylic acids is 4. The third-order valence-electron chi connectivity index (χ3n) is 8.79. The van der Waals surface area contributed by atoms with Gasteiger partial charge in [-0.1, -0.05) is 25.0 Å². The number of alkyl carbamates (subject to hydrolysis) is 1. The Morgan fingerprint density at radius 2 is 1.94 bits per heavy atom. The third-order valence-corrected chi connectivity index (χ3v) is 9.41. The highest BCUT2D eigenvalue weighted by Gasteiger charge is 2.58. The number of hydrogen-bond acceptors (Lipinski definition) is 8. The van der Waals surface area contributed by atoms with E-state index in [1.807, 2.05) is 24.3 Å². The number of amides is 3. The summed E-state index contributed by atoms with van der Waals surface area (Å²) in [5, 5.41) is 7.26. The summed E-state index contributed by atoms with van der Waals surface area (Å²) in [6.07, 6.45) is 8.00. The Labute approximate surface area is 291 Å². The molecule has 0 spiro atoms. The molecule has 2 aromatic rings. The van der Waals surface area contributed by atoms with Crippen LogP contribution in [0.3, 0.4) is 0 Å². The second-order valence-electron chi connectivity index (χ2n) is 13.5. The Morgan fingerprint density at radius 3 is 2.56 bits per heavy atom. The van der Waals surface area contributed by atoms with Crippen LogP contribution < -0.4 is 20.1 Å². The van der Waals surface area contributed by atoms with E-state index in [0.717, 1.165) is 34.5 Å². The molecular formula is C36H47BrN4O7. The first kappa shape index (κ1) is 36.9. The molecule has 0 bridgehead atoms. The molecule has 2 fully saturated rings. The zero-order valence-corrected chi connectivity index (χ0v) is 30.1. The van der Waals surface area contributed by atoms with E-state index in [4.69, 9.17) is 14.2 Å². The molecule has 5 atom stereocenters. The molecule has 1 saturated carbocycles. The number of ketones is 1. The van der Waals surface area contributed by atoms with Gasteiger partial charge in [-0.2, -0.15) is 0 Å².